The number of nitrogens with zero attached hydrogens (tertiary/aromatic N) is 3. The monoisotopic (exact) mass is 293 g/mol. The number of hydrogen-bond acceptors (Lipinski definition) is 6. The lowest BCUT2D eigenvalue weighted by Gasteiger charge is -2.34. The van der Waals surface area contributed by atoms with E-state index in [4.69, 9.17) is 4.74 Å². The van der Waals surface area contributed by atoms with Gasteiger partial charge < -0.3 is 15.4 Å². The quantitative estimate of drug-likeness (QED) is 0.840. The van der Waals surface area contributed by atoms with Crippen LogP contribution >= 0.6 is 0 Å². The molecule has 1 saturated carbocycles. The molecule has 2 N–H and O–H groups in total. The molecule has 0 saturated heterocycles. The summed E-state index contributed by atoms with van der Waals surface area (Å²) < 4.78 is 5.16. The van der Waals surface area contributed by atoms with Crippen molar-refractivity contribution in [3.8, 4) is 6.01 Å². The Morgan fingerprint density at radius 2 is 1.86 bits per heavy atom. The van der Waals surface area contributed by atoms with Crippen LogP contribution in [0.15, 0.2) is 0 Å². The third kappa shape index (κ3) is 4.19. The van der Waals surface area contributed by atoms with Gasteiger partial charge in [0, 0.05) is 12.6 Å². The smallest absolute Gasteiger partial charge is 0.322 e. The van der Waals surface area contributed by atoms with Crippen LogP contribution in [-0.2, 0) is 0 Å². The van der Waals surface area contributed by atoms with Gasteiger partial charge in [-0.05, 0) is 31.6 Å². The zero-order valence-electron chi connectivity index (χ0n) is 13.5. The van der Waals surface area contributed by atoms with E-state index in [0.717, 1.165) is 6.54 Å². The molecular weight excluding hydrogens is 266 g/mol. The number of ether oxygens (including phenoxy) is 1. The van der Waals surface area contributed by atoms with Gasteiger partial charge in [0.15, 0.2) is 0 Å². The topological polar surface area (TPSA) is 72.0 Å². The second-order valence-electron chi connectivity index (χ2n) is 5.94. The van der Waals surface area contributed by atoms with Crippen molar-refractivity contribution in [1.82, 2.24) is 15.0 Å². The SMILES string of the molecule is CCNc1nc(NC2CCCCC2C(C)C)nc(OC)n1. The second kappa shape index (κ2) is 7.43. The molecule has 0 aromatic carbocycles. The third-order valence-electron chi connectivity index (χ3n) is 4.12. The predicted octanol–water partition coefficient (Wildman–Crippen LogP) is 2.94. The molecular formula is C15H27N5O. The van der Waals surface area contributed by atoms with Crippen LogP contribution in [0.3, 0.4) is 0 Å². The van der Waals surface area contributed by atoms with Crippen LogP contribution in [0.1, 0.15) is 46.5 Å². The summed E-state index contributed by atoms with van der Waals surface area (Å²) >= 11 is 0. The van der Waals surface area contributed by atoms with E-state index < -0.39 is 0 Å². The highest BCUT2D eigenvalue weighted by Crippen LogP contribution is 2.32. The van der Waals surface area contributed by atoms with Gasteiger partial charge in [-0.3, -0.25) is 0 Å². The standard InChI is InChI=1S/C15H27N5O/c1-5-16-13-18-14(20-15(19-13)21-4)17-12-9-7-6-8-11(12)10(2)3/h10-12H,5-9H2,1-4H3,(H2,16,17,18,19,20). The van der Waals surface area contributed by atoms with Gasteiger partial charge in [-0.15, -0.1) is 0 Å². The van der Waals surface area contributed by atoms with E-state index in [2.05, 4.69) is 39.4 Å². The van der Waals surface area contributed by atoms with Crippen LogP contribution in [0.25, 0.3) is 0 Å². The summed E-state index contributed by atoms with van der Waals surface area (Å²) in [5.41, 5.74) is 0. The van der Waals surface area contributed by atoms with Crippen molar-refractivity contribution in [2.75, 3.05) is 24.3 Å². The number of anilines is 2. The van der Waals surface area contributed by atoms with Crippen LogP contribution in [0, 0.1) is 11.8 Å². The molecule has 2 unspecified atom stereocenters. The van der Waals surface area contributed by atoms with Crippen LogP contribution in [0.5, 0.6) is 6.01 Å². The first kappa shape index (κ1) is 15.8. The Hall–Kier alpha value is -1.59. The molecule has 0 amide bonds. The molecule has 1 aliphatic rings. The van der Waals surface area contributed by atoms with Crippen molar-refractivity contribution < 1.29 is 4.74 Å². The molecule has 0 spiro atoms. The maximum Gasteiger partial charge on any atom is 0.322 e. The number of aromatic nitrogens is 3. The molecule has 0 aliphatic heterocycles. The first-order valence-corrected chi connectivity index (χ1v) is 7.94. The molecule has 0 radical (unpaired) electrons. The molecule has 118 valence electrons. The molecule has 6 heteroatoms. The fourth-order valence-electron chi connectivity index (χ4n) is 3.05. The molecule has 6 nitrogen and oxygen atoms in total. The highest BCUT2D eigenvalue weighted by atomic mass is 16.5. The van der Waals surface area contributed by atoms with Crippen LogP contribution < -0.4 is 15.4 Å². The van der Waals surface area contributed by atoms with Crippen molar-refractivity contribution >= 4 is 11.9 Å². The largest absolute Gasteiger partial charge is 0.467 e. The second-order valence-corrected chi connectivity index (χ2v) is 5.94. The van der Waals surface area contributed by atoms with Gasteiger partial charge in [-0.25, -0.2) is 0 Å². The van der Waals surface area contributed by atoms with Crippen LogP contribution in [-0.4, -0.2) is 34.6 Å². The maximum atomic E-state index is 5.16. The minimum absolute atomic E-state index is 0.348. The molecule has 1 heterocycles. The summed E-state index contributed by atoms with van der Waals surface area (Å²) in [4.78, 5) is 13.0. The third-order valence-corrected chi connectivity index (χ3v) is 4.12. The lowest BCUT2D eigenvalue weighted by molar-refractivity contribution is 0.253. The average molecular weight is 293 g/mol. The zero-order valence-corrected chi connectivity index (χ0v) is 13.5. The van der Waals surface area contributed by atoms with Gasteiger partial charge in [-0.1, -0.05) is 26.7 Å². The number of methoxy groups -OCH3 is 1. The Bertz CT molecular complexity index is 452. The molecule has 1 aliphatic carbocycles. The summed E-state index contributed by atoms with van der Waals surface area (Å²) in [6.45, 7) is 7.37. The summed E-state index contributed by atoms with van der Waals surface area (Å²) in [5, 5.41) is 6.62. The minimum Gasteiger partial charge on any atom is -0.467 e. The van der Waals surface area contributed by atoms with E-state index in [9.17, 15) is 0 Å². The lowest BCUT2D eigenvalue weighted by atomic mass is 9.78. The summed E-state index contributed by atoms with van der Waals surface area (Å²) in [5.74, 6) is 2.50. The van der Waals surface area contributed by atoms with Gasteiger partial charge in [0.1, 0.15) is 0 Å². The van der Waals surface area contributed by atoms with Crippen molar-refractivity contribution in [3.63, 3.8) is 0 Å². The summed E-state index contributed by atoms with van der Waals surface area (Å²) in [6.07, 6.45) is 5.04. The molecule has 1 aromatic rings. The Kier molecular flexibility index (Phi) is 5.59. The molecule has 2 rings (SSSR count). The van der Waals surface area contributed by atoms with Gasteiger partial charge in [0.2, 0.25) is 11.9 Å². The van der Waals surface area contributed by atoms with Crippen molar-refractivity contribution in [1.29, 1.82) is 0 Å². The van der Waals surface area contributed by atoms with Crippen molar-refractivity contribution in [2.24, 2.45) is 11.8 Å². The highest BCUT2D eigenvalue weighted by molar-refractivity contribution is 5.36. The Balaban J connectivity index is 2.14. The molecule has 1 fully saturated rings. The fourth-order valence-corrected chi connectivity index (χ4v) is 3.05. The first-order valence-electron chi connectivity index (χ1n) is 7.94. The molecule has 0 bridgehead atoms. The Labute approximate surface area is 127 Å². The number of rotatable bonds is 6. The van der Waals surface area contributed by atoms with E-state index >= 15 is 0 Å². The molecule has 2 atom stereocenters. The van der Waals surface area contributed by atoms with Gasteiger partial charge in [0.25, 0.3) is 0 Å². The lowest BCUT2D eigenvalue weighted by Crippen LogP contribution is -2.36. The van der Waals surface area contributed by atoms with E-state index in [1.54, 1.807) is 7.11 Å². The number of hydrogen-bond donors (Lipinski definition) is 2. The van der Waals surface area contributed by atoms with E-state index in [1.165, 1.54) is 25.7 Å². The Morgan fingerprint density at radius 1 is 1.14 bits per heavy atom. The highest BCUT2D eigenvalue weighted by Gasteiger charge is 2.28. The Morgan fingerprint density at radius 3 is 2.52 bits per heavy atom. The normalized spacial score (nSPS) is 22.1. The van der Waals surface area contributed by atoms with Crippen LogP contribution in [0.4, 0.5) is 11.9 Å². The van der Waals surface area contributed by atoms with Crippen molar-refractivity contribution in [3.05, 3.63) is 0 Å². The average Bonchev–Trinajstić information content (AvgIpc) is 2.47. The predicted molar refractivity (Wildman–Crippen MR) is 84.7 cm³/mol. The first-order chi connectivity index (χ1) is 10.1. The van der Waals surface area contributed by atoms with Gasteiger partial charge in [0.05, 0.1) is 7.11 Å². The molecule has 1 aromatic heterocycles. The fraction of sp³-hybridized carbons (Fsp3) is 0.800. The van der Waals surface area contributed by atoms with E-state index in [1.807, 2.05) is 6.92 Å². The molecule has 21 heavy (non-hydrogen) atoms. The zero-order chi connectivity index (χ0) is 15.2. The van der Waals surface area contributed by atoms with Crippen molar-refractivity contribution in [2.45, 2.75) is 52.5 Å². The minimum atomic E-state index is 0.348. The summed E-state index contributed by atoms with van der Waals surface area (Å²) in [6, 6.07) is 0.778. The van der Waals surface area contributed by atoms with E-state index in [0.29, 0.717) is 35.8 Å². The van der Waals surface area contributed by atoms with Crippen LogP contribution in [0.2, 0.25) is 0 Å². The maximum absolute atomic E-state index is 5.16. The number of nitrogens with one attached hydrogen (secondary N) is 2. The summed E-state index contributed by atoms with van der Waals surface area (Å²) in [7, 11) is 1.58. The van der Waals surface area contributed by atoms with E-state index in [-0.39, 0.29) is 0 Å². The van der Waals surface area contributed by atoms with Gasteiger partial charge >= 0.3 is 6.01 Å². The van der Waals surface area contributed by atoms with Gasteiger partial charge in [-0.2, -0.15) is 15.0 Å².